The number of aliphatic hydroxyl groups is 1. The molecule has 0 spiro atoms. The van der Waals surface area contributed by atoms with Gasteiger partial charge < -0.3 is 15.7 Å². The first-order valence-electron chi connectivity index (χ1n) is 9.66. The van der Waals surface area contributed by atoms with Gasteiger partial charge in [-0.1, -0.05) is 50.2 Å². The van der Waals surface area contributed by atoms with Crippen molar-refractivity contribution < 1.29 is 14.7 Å². The fourth-order valence-corrected chi connectivity index (χ4v) is 3.65. The Balaban J connectivity index is 2.12. The molecule has 2 amide bonds. The van der Waals surface area contributed by atoms with Crippen LogP contribution in [0.2, 0.25) is 0 Å². The lowest BCUT2D eigenvalue weighted by atomic mass is 10.1. The number of pyridine rings is 1. The van der Waals surface area contributed by atoms with E-state index in [0.717, 1.165) is 12.0 Å². The molecule has 0 saturated carbocycles. The maximum atomic E-state index is 12.7. The Hall–Kier alpha value is -2.38. The Morgan fingerprint density at radius 3 is 2.31 bits per heavy atom. The van der Waals surface area contributed by atoms with Crippen LogP contribution in [0.15, 0.2) is 48.5 Å². The molecular weight excluding hydrogens is 386 g/mol. The molecule has 6 nitrogen and oxygen atoms in total. The largest absolute Gasteiger partial charge is 0.391 e. The summed E-state index contributed by atoms with van der Waals surface area (Å²) in [5.74, 6) is -0.502. The number of nitrogens with zero attached hydrogens (tertiary/aromatic N) is 1. The number of benzene rings is 1. The van der Waals surface area contributed by atoms with Crippen molar-refractivity contribution in [2.75, 3.05) is 6.26 Å². The van der Waals surface area contributed by atoms with Crippen LogP contribution in [-0.2, 0) is 4.79 Å². The average Bonchev–Trinajstić information content (AvgIpc) is 2.71. The lowest BCUT2D eigenvalue weighted by Gasteiger charge is -2.25. The molecule has 0 unspecified atom stereocenters. The highest BCUT2D eigenvalue weighted by atomic mass is 32.2. The summed E-state index contributed by atoms with van der Waals surface area (Å²) in [6.07, 6.45) is 1.67. The zero-order chi connectivity index (χ0) is 21.4. The monoisotopic (exact) mass is 415 g/mol. The molecule has 156 valence electrons. The van der Waals surface area contributed by atoms with Crippen LogP contribution in [0.3, 0.4) is 0 Å². The molecule has 0 bridgehead atoms. The van der Waals surface area contributed by atoms with E-state index in [0.29, 0.717) is 11.6 Å². The number of hydrogen-bond acceptors (Lipinski definition) is 5. The van der Waals surface area contributed by atoms with Crippen LogP contribution in [0.25, 0.3) is 11.3 Å². The first kappa shape index (κ1) is 22.9. The van der Waals surface area contributed by atoms with E-state index in [9.17, 15) is 14.7 Å². The smallest absolute Gasteiger partial charge is 0.270 e. The van der Waals surface area contributed by atoms with Crippen LogP contribution in [0.5, 0.6) is 0 Å². The highest BCUT2D eigenvalue weighted by Gasteiger charge is 2.28. The number of aromatic nitrogens is 1. The van der Waals surface area contributed by atoms with Crippen LogP contribution in [-0.4, -0.2) is 45.7 Å². The molecule has 1 aromatic heterocycles. The number of nitrogens with one attached hydrogen (secondary N) is 2. The normalized spacial score (nSPS) is 14.1. The predicted molar refractivity (Wildman–Crippen MR) is 118 cm³/mol. The Kier molecular flexibility index (Phi) is 8.67. The molecule has 0 radical (unpaired) electrons. The van der Waals surface area contributed by atoms with Crippen molar-refractivity contribution in [3.05, 3.63) is 54.2 Å². The minimum absolute atomic E-state index is 0.0832. The molecular formula is C22H29N3O3S. The molecule has 0 aliphatic heterocycles. The number of rotatable bonds is 9. The molecule has 3 atom stereocenters. The number of amides is 2. The van der Waals surface area contributed by atoms with Crippen LogP contribution in [0.1, 0.15) is 37.7 Å². The standard InChI is InChI=1S/C22H29N3O3S/c1-14(2)13-19(29-4)24-22(28)20(15(3)26)25-21(27)18-12-8-11-17(23-18)16-9-6-5-7-10-16/h5-12,14-15,19-20,26H,13H2,1-4H3,(H,24,28)(H,25,27)/t15-,19-,20+/m1/s1. The Bertz CT molecular complexity index is 812. The van der Waals surface area contributed by atoms with Gasteiger partial charge >= 0.3 is 0 Å². The minimum atomic E-state index is -1.06. The average molecular weight is 416 g/mol. The van der Waals surface area contributed by atoms with Gasteiger partial charge in [-0.3, -0.25) is 9.59 Å². The number of hydrogen-bond donors (Lipinski definition) is 3. The SMILES string of the molecule is CS[C@H](CC(C)C)NC(=O)[C@@H](NC(=O)c1cccc(-c2ccccc2)n1)[C@@H](C)O. The third-order valence-electron chi connectivity index (χ3n) is 4.38. The van der Waals surface area contributed by atoms with Crippen molar-refractivity contribution in [2.24, 2.45) is 5.92 Å². The summed E-state index contributed by atoms with van der Waals surface area (Å²) in [5.41, 5.74) is 1.74. The molecule has 7 heteroatoms. The van der Waals surface area contributed by atoms with E-state index in [2.05, 4.69) is 29.5 Å². The van der Waals surface area contributed by atoms with Crippen LogP contribution in [0.4, 0.5) is 0 Å². The summed E-state index contributed by atoms with van der Waals surface area (Å²) in [7, 11) is 0. The minimum Gasteiger partial charge on any atom is -0.391 e. The molecule has 1 heterocycles. The second-order valence-corrected chi connectivity index (χ2v) is 8.37. The lowest BCUT2D eigenvalue weighted by molar-refractivity contribution is -0.125. The summed E-state index contributed by atoms with van der Waals surface area (Å²) in [6, 6.07) is 13.6. The van der Waals surface area contributed by atoms with E-state index in [1.54, 1.807) is 12.1 Å². The van der Waals surface area contributed by atoms with Crippen molar-refractivity contribution >= 4 is 23.6 Å². The van der Waals surface area contributed by atoms with Crippen molar-refractivity contribution in [2.45, 2.75) is 44.7 Å². The fraction of sp³-hybridized carbons (Fsp3) is 0.409. The Labute approximate surface area is 176 Å². The number of carbonyl (C=O) groups is 2. The summed E-state index contributed by atoms with van der Waals surface area (Å²) in [5, 5.41) is 15.5. The Morgan fingerprint density at radius 1 is 1.03 bits per heavy atom. The van der Waals surface area contributed by atoms with Gasteiger partial charge in [0.25, 0.3) is 5.91 Å². The van der Waals surface area contributed by atoms with Crippen LogP contribution in [0, 0.1) is 5.92 Å². The van der Waals surface area contributed by atoms with Gasteiger partial charge in [0, 0.05) is 5.56 Å². The van der Waals surface area contributed by atoms with Crippen molar-refractivity contribution in [1.29, 1.82) is 0 Å². The van der Waals surface area contributed by atoms with Gasteiger partial charge in [-0.15, -0.1) is 11.8 Å². The summed E-state index contributed by atoms with van der Waals surface area (Å²) >= 11 is 1.53. The van der Waals surface area contributed by atoms with Gasteiger partial charge in [0.1, 0.15) is 11.7 Å². The predicted octanol–water partition coefficient (Wildman–Crippen LogP) is 3.08. The highest BCUT2D eigenvalue weighted by Crippen LogP contribution is 2.17. The number of carbonyl (C=O) groups excluding carboxylic acids is 2. The van der Waals surface area contributed by atoms with E-state index >= 15 is 0 Å². The summed E-state index contributed by atoms with van der Waals surface area (Å²) in [6.45, 7) is 5.64. The lowest BCUT2D eigenvalue weighted by Crippen LogP contribution is -2.54. The van der Waals surface area contributed by atoms with E-state index in [1.165, 1.54) is 18.7 Å². The first-order chi connectivity index (χ1) is 13.8. The molecule has 2 rings (SSSR count). The molecule has 2 aromatic rings. The molecule has 0 fully saturated rings. The quantitative estimate of drug-likeness (QED) is 0.548. The molecule has 0 saturated heterocycles. The van der Waals surface area contributed by atoms with Gasteiger partial charge in [-0.2, -0.15) is 0 Å². The highest BCUT2D eigenvalue weighted by molar-refractivity contribution is 7.99. The van der Waals surface area contributed by atoms with E-state index < -0.39 is 24.0 Å². The molecule has 0 aliphatic rings. The molecule has 1 aromatic carbocycles. The number of aliphatic hydroxyl groups excluding tert-OH is 1. The molecule has 0 aliphatic carbocycles. The van der Waals surface area contributed by atoms with Gasteiger partial charge in [0.05, 0.1) is 17.2 Å². The molecule has 3 N–H and O–H groups in total. The van der Waals surface area contributed by atoms with Gasteiger partial charge in [0.15, 0.2) is 0 Å². The first-order valence-corrected chi connectivity index (χ1v) is 10.9. The van der Waals surface area contributed by atoms with E-state index in [4.69, 9.17) is 0 Å². The van der Waals surface area contributed by atoms with Gasteiger partial charge in [-0.25, -0.2) is 4.98 Å². The fourth-order valence-electron chi connectivity index (χ4n) is 2.84. The van der Waals surface area contributed by atoms with Crippen LogP contribution >= 0.6 is 11.8 Å². The number of thioether (sulfide) groups is 1. The van der Waals surface area contributed by atoms with Crippen molar-refractivity contribution in [1.82, 2.24) is 15.6 Å². The molecule has 29 heavy (non-hydrogen) atoms. The van der Waals surface area contributed by atoms with E-state index in [-0.39, 0.29) is 11.1 Å². The third-order valence-corrected chi connectivity index (χ3v) is 5.26. The van der Waals surface area contributed by atoms with Crippen molar-refractivity contribution in [3.8, 4) is 11.3 Å². The van der Waals surface area contributed by atoms with Gasteiger partial charge in [0.2, 0.25) is 5.91 Å². The summed E-state index contributed by atoms with van der Waals surface area (Å²) in [4.78, 5) is 29.8. The zero-order valence-corrected chi connectivity index (χ0v) is 18.1. The zero-order valence-electron chi connectivity index (χ0n) is 17.3. The van der Waals surface area contributed by atoms with Crippen molar-refractivity contribution in [3.63, 3.8) is 0 Å². The maximum Gasteiger partial charge on any atom is 0.270 e. The third kappa shape index (κ3) is 6.87. The summed E-state index contributed by atoms with van der Waals surface area (Å²) < 4.78 is 0. The second-order valence-electron chi connectivity index (χ2n) is 7.33. The van der Waals surface area contributed by atoms with Gasteiger partial charge in [-0.05, 0) is 37.7 Å². The van der Waals surface area contributed by atoms with E-state index in [1.807, 2.05) is 42.7 Å². The van der Waals surface area contributed by atoms with Crippen LogP contribution < -0.4 is 10.6 Å². The second kappa shape index (κ2) is 11.0. The Morgan fingerprint density at radius 2 is 1.72 bits per heavy atom. The maximum absolute atomic E-state index is 12.7. The topological polar surface area (TPSA) is 91.3 Å².